The van der Waals surface area contributed by atoms with Crippen molar-refractivity contribution in [1.29, 1.82) is 0 Å². The highest BCUT2D eigenvalue weighted by molar-refractivity contribution is 9.09. The Hall–Kier alpha value is -0.210. The molecule has 0 atom stereocenters. The molecule has 0 saturated carbocycles. The zero-order valence-electron chi connectivity index (χ0n) is 10.1. The Balaban J connectivity index is 1.95. The van der Waals surface area contributed by atoms with Crippen molar-refractivity contribution in [3.8, 4) is 5.75 Å². The van der Waals surface area contributed by atoms with E-state index in [9.17, 15) is 0 Å². The molecule has 0 spiro atoms. The molecule has 0 unspecified atom stereocenters. The molecule has 0 saturated heterocycles. The van der Waals surface area contributed by atoms with Crippen molar-refractivity contribution in [3.63, 3.8) is 0 Å². The number of alkyl halides is 1. The first kappa shape index (κ1) is 14.8. The zero-order chi connectivity index (χ0) is 12.3. The number of hydrogen-bond donors (Lipinski definition) is 0. The van der Waals surface area contributed by atoms with Crippen molar-refractivity contribution >= 4 is 27.5 Å². The van der Waals surface area contributed by atoms with Gasteiger partial charge in [-0.05, 0) is 37.1 Å². The maximum Gasteiger partial charge on any atom is 0.119 e. The number of benzene rings is 1. The smallest absolute Gasteiger partial charge is 0.119 e. The lowest BCUT2D eigenvalue weighted by Gasteiger charge is -2.05. The maximum absolute atomic E-state index is 5.80. The summed E-state index contributed by atoms with van der Waals surface area (Å²) >= 11 is 9.24. The summed E-state index contributed by atoms with van der Waals surface area (Å²) in [6, 6.07) is 7.55. The summed E-state index contributed by atoms with van der Waals surface area (Å²) in [6.45, 7) is 0.806. The third-order valence-corrected chi connectivity index (χ3v) is 3.42. The number of unbranched alkanes of at least 4 members (excludes halogenated alkanes) is 5. The highest BCUT2D eigenvalue weighted by Gasteiger charge is 1.94. The third kappa shape index (κ3) is 7.67. The summed E-state index contributed by atoms with van der Waals surface area (Å²) in [5.74, 6) is 0.911. The highest BCUT2D eigenvalue weighted by Crippen LogP contribution is 2.16. The Morgan fingerprint density at radius 3 is 2.12 bits per heavy atom. The van der Waals surface area contributed by atoms with Gasteiger partial charge in [0.25, 0.3) is 0 Å². The lowest BCUT2D eigenvalue weighted by Crippen LogP contribution is -1.96. The first-order valence-corrected chi connectivity index (χ1v) is 7.77. The Bertz CT molecular complexity index is 287. The number of halogens is 2. The van der Waals surface area contributed by atoms with Crippen LogP contribution in [0.5, 0.6) is 5.75 Å². The van der Waals surface area contributed by atoms with E-state index in [1.54, 1.807) is 0 Å². The van der Waals surface area contributed by atoms with Gasteiger partial charge in [-0.25, -0.2) is 0 Å². The van der Waals surface area contributed by atoms with Crippen LogP contribution in [0.15, 0.2) is 24.3 Å². The lowest BCUT2D eigenvalue weighted by molar-refractivity contribution is 0.304. The molecule has 1 aromatic carbocycles. The normalized spacial score (nSPS) is 10.5. The molecule has 1 nitrogen and oxygen atoms in total. The van der Waals surface area contributed by atoms with Crippen LogP contribution in [0.2, 0.25) is 5.02 Å². The number of hydrogen-bond acceptors (Lipinski definition) is 1. The van der Waals surface area contributed by atoms with Crippen LogP contribution in [0.25, 0.3) is 0 Å². The summed E-state index contributed by atoms with van der Waals surface area (Å²) < 4.78 is 5.62. The van der Waals surface area contributed by atoms with Crippen LogP contribution in [-0.2, 0) is 0 Å². The molecule has 3 heteroatoms. The molecule has 0 amide bonds. The molecule has 0 bridgehead atoms. The average molecular weight is 320 g/mol. The van der Waals surface area contributed by atoms with Gasteiger partial charge in [0, 0.05) is 10.4 Å². The topological polar surface area (TPSA) is 9.23 Å². The predicted molar refractivity (Wildman–Crippen MR) is 78.4 cm³/mol. The van der Waals surface area contributed by atoms with Gasteiger partial charge in [-0.2, -0.15) is 0 Å². The van der Waals surface area contributed by atoms with E-state index in [1.165, 1.54) is 32.1 Å². The van der Waals surface area contributed by atoms with Crippen LogP contribution < -0.4 is 4.74 Å². The largest absolute Gasteiger partial charge is 0.494 e. The Morgan fingerprint density at radius 2 is 1.47 bits per heavy atom. The molecular weight excluding hydrogens is 300 g/mol. The van der Waals surface area contributed by atoms with Crippen LogP contribution in [0.4, 0.5) is 0 Å². The van der Waals surface area contributed by atoms with E-state index >= 15 is 0 Å². The van der Waals surface area contributed by atoms with Gasteiger partial charge < -0.3 is 4.74 Å². The van der Waals surface area contributed by atoms with E-state index in [4.69, 9.17) is 16.3 Å². The van der Waals surface area contributed by atoms with Crippen LogP contribution in [0, 0.1) is 0 Å². The van der Waals surface area contributed by atoms with E-state index in [2.05, 4.69) is 15.9 Å². The van der Waals surface area contributed by atoms with E-state index in [0.29, 0.717) is 0 Å². The Kier molecular flexibility index (Phi) is 8.55. The molecule has 0 aliphatic rings. The van der Waals surface area contributed by atoms with Gasteiger partial charge in [-0.1, -0.05) is 53.2 Å². The Morgan fingerprint density at radius 1 is 0.882 bits per heavy atom. The molecule has 0 aromatic heterocycles. The minimum Gasteiger partial charge on any atom is -0.494 e. The van der Waals surface area contributed by atoms with Gasteiger partial charge in [-0.15, -0.1) is 0 Å². The second kappa shape index (κ2) is 9.78. The van der Waals surface area contributed by atoms with Crippen LogP contribution in [0.3, 0.4) is 0 Å². The molecule has 0 aliphatic heterocycles. The molecule has 0 aliphatic carbocycles. The van der Waals surface area contributed by atoms with E-state index in [1.807, 2.05) is 24.3 Å². The van der Waals surface area contributed by atoms with Gasteiger partial charge in [-0.3, -0.25) is 0 Å². The summed E-state index contributed by atoms with van der Waals surface area (Å²) in [5, 5.41) is 1.89. The van der Waals surface area contributed by atoms with Crippen molar-refractivity contribution in [2.75, 3.05) is 11.9 Å². The van der Waals surface area contributed by atoms with Crippen molar-refractivity contribution in [2.24, 2.45) is 0 Å². The molecule has 0 fully saturated rings. The fraction of sp³-hybridized carbons (Fsp3) is 0.571. The summed E-state index contributed by atoms with van der Waals surface area (Å²) in [5.41, 5.74) is 0. The molecule has 0 N–H and O–H groups in total. The summed E-state index contributed by atoms with van der Waals surface area (Å²) in [4.78, 5) is 0. The van der Waals surface area contributed by atoms with Gasteiger partial charge in [0.1, 0.15) is 5.75 Å². The van der Waals surface area contributed by atoms with Crippen molar-refractivity contribution in [1.82, 2.24) is 0 Å². The van der Waals surface area contributed by atoms with E-state index < -0.39 is 0 Å². The first-order valence-electron chi connectivity index (χ1n) is 6.27. The minimum absolute atomic E-state index is 0.754. The van der Waals surface area contributed by atoms with E-state index in [0.717, 1.165) is 29.1 Å². The highest BCUT2D eigenvalue weighted by atomic mass is 79.9. The second-order valence-electron chi connectivity index (χ2n) is 4.11. The molecule has 96 valence electrons. The third-order valence-electron chi connectivity index (χ3n) is 2.61. The molecule has 1 rings (SSSR count). The average Bonchev–Trinajstić information content (AvgIpc) is 2.35. The SMILES string of the molecule is Clc1ccc(OCCCCCCCCBr)cc1. The molecular formula is C14H20BrClO. The predicted octanol–water partition coefficient (Wildman–Crippen LogP) is 5.45. The molecule has 0 heterocycles. The maximum atomic E-state index is 5.80. The van der Waals surface area contributed by atoms with Crippen molar-refractivity contribution in [3.05, 3.63) is 29.3 Å². The molecule has 1 aromatic rings. The van der Waals surface area contributed by atoms with Crippen LogP contribution in [-0.4, -0.2) is 11.9 Å². The molecule has 17 heavy (non-hydrogen) atoms. The van der Waals surface area contributed by atoms with Gasteiger partial charge in [0.2, 0.25) is 0 Å². The van der Waals surface area contributed by atoms with Crippen molar-refractivity contribution in [2.45, 2.75) is 38.5 Å². The van der Waals surface area contributed by atoms with Gasteiger partial charge in [0.05, 0.1) is 6.61 Å². The first-order chi connectivity index (χ1) is 8.33. The lowest BCUT2D eigenvalue weighted by atomic mass is 10.1. The second-order valence-corrected chi connectivity index (χ2v) is 5.34. The fourth-order valence-electron chi connectivity index (χ4n) is 1.62. The minimum atomic E-state index is 0.754. The van der Waals surface area contributed by atoms with Gasteiger partial charge in [0.15, 0.2) is 0 Å². The number of rotatable bonds is 9. The standard InChI is InChI=1S/C14H20BrClO/c15-11-5-3-1-2-4-6-12-17-14-9-7-13(16)8-10-14/h7-10H,1-6,11-12H2. The van der Waals surface area contributed by atoms with Crippen molar-refractivity contribution < 1.29 is 4.74 Å². The zero-order valence-corrected chi connectivity index (χ0v) is 12.5. The number of ether oxygens (including phenoxy) is 1. The van der Waals surface area contributed by atoms with E-state index in [-0.39, 0.29) is 0 Å². The summed E-state index contributed by atoms with van der Waals surface area (Å²) in [6.07, 6.45) is 7.68. The quantitative estimate of drug-likeness (QED) is 0.434. The monoisotopic (exact) mass is 318 g/mol. The van der Waals surface area contributed by atoms with Crippen LogP contribution >= 0.6 is 27.5 Å². The Labute approximate surface area is 118 Å². The fourth-order valence-corrected chi connectivity index (χ4v) is 2.15. The van der Waals surface area contributed by atoms with Crippen LogP contribution in [0.1, 0.15) is 38.5 Å². The summed E-state index contributed by atoms with van der Waals surface area (Å²) in [7, 11) is 0. The van der Waals surface area contributed by atoms with Gasteiger partial charge >= 0.3 is 0 Å². The molecule has 0 radical (unpaired) electrons.